The molecule has 1 aromatic rings. The summed E-state index contributed by atoms with van der Waals surface area (Å²) in [7, 11) is 0. The van der Waals surface area contributed by atoms with E-state index >= 15 is 0 Å². The largest absolute Gasteiger partial charge is 0.542 e. The average molecular weight is 505 g/mol. The molecule has 6 heteroatoms. The quantitative estimate of drug-likeness (QED) is 0.336. The van der Waals surface area contributed by atoms with Crippen molar-refractivity contribution in [2.75, 3.05) is 0 Å². The molecule has 0 amide bonds. The molecule has 0 spiro atoms. The summed E-state index contributed by atoms with van der Waals surface area (Å²) >= 11 is 0. The van der Waals surface area contributed by atoms with Gasteiger partial charge < -0.3 is 9.90 Å². The van der Waals surface area contributed by atoms with Crippen LogP contribution in [0.4, 0.5) is 17.6 Å². The van der Waals surface area contributed by atoms with Crippen LogP contribution < -0.4 is 5.11 Å². The number of benzene rings is 1. The third-order valence-electron chi connectivity index (χ3n) is 10.8. The fourth-order valence-electron chi connectivity index (χ4n) is 10.9. The van der Waals surface area contributed by atoms with Crippen LogP contribution in [0.15, 0.2) is 18.2 Å². The zero-order chi connectivity index (χ0) is 25.5. The number of carboxylic acids is 1. The highest BCUT2D eigenvalue weighted by Crippen LogP contribution is 2.73. The standard InChI is InChI=1S/C28H36F.C2HF3O2/c1-17-4-24(29)2-3-25(17)26(27-11-18-5-19(12-27)7-20(6-18)13-27)28-14-21-8-22(15-28)10-23(9-21)16-28;3-2(4,5)1(6)7/h2-4,18-23H,5-16H2,1H3;(H,6,7)/q+1;/p-1. The number of carbonyl (C=O) groups excluding carboxylic acids is 1. The monoisotopic (exact) mass is 504 g/mol. The molecule has 0 heterocycles. The maximum Gasteiger partial charge on any atom is 0.430 e. The molecule has 0 aliphatic heterocycles. The SMILES string of the molecule is Cc1cc(F)ccc1[C+](C12CC3CC(CC(C3)C1)C2)C12CC3CC(CC(C3)C1)C2.O=C([O-])C(F)(F)F. The maximum atomic E-state index is 14.1. The van der Waals surface area contributed by atoms with Crippen LogP contribution in [-0.2, 0) is 4.79 Å². The first-order valence-electron chi connectivity index (χ1n) is 13.9. The van der Waals surface area contributed by atoms with Crippen molar-refractivity contribution in [3.63, 3.8) is 0 Å². The van der Waals surface area contributed by atoms with E-state index in [9.17, 15) is 17.6 Å². The van der Waals surface area contributed by atoms with E-state index in [-0.39, 0.29) is 5.82 Å². The fraction of sp³-hybridized carbons (Fsp3) is 0.733. The molecule has 0 aromatic heterocycles. The minimum Gasteiger partial charge on any atom is -0.542 e. The molecular weight excluding hydrogens is 468 g/mol. The van der Waals surface area contributed by atoms with E-state index < -0.39 is 12.1 Å². The van der Waals surface area contributed by atoms with Crippen LogP contribution in [0.5, 0.6) is 0 Å². The Bertz CT molecular complexity index is 914. The Morgan fingerprint density at radius 3 is 1.42 bits per heavy atom. The second kappa shape index (κ2) is 8.39. The van der Waals surface area contributed by atoms with Gasteiger partial charge in [0.1, 0.15) is 17.3 Å². The number of carboxylic acid groups (broad SMARTS) is 1. The molecular formula is C30H36F4O2. The van der Waals surface area contributed by atoms with Crippen molar-refractivity contribution in [1.82, 2.24) is 0 Å². The van der Waals surface area contributed by atoms with Gasteiger partial charge in [-0.2, -0.15) is 13.2 Å². The third-order valence-corrected chi connectivity index (χ3v) is 10.8. The molecule has 8 saturated carbocycles. The maximum absolute atomic E-state index is 14.1. The van der Waals surface area contributed by atoms with Crippen LogP contribution in [0.1, 0.15) is 88.2 Å². The highest BCUT2D eigenvalue weighted by Gasteiger charge is 2.66. The predicted molar refractivity (Wildman–Crippen MR) is 126 cm³/mol. The summed E-state index contributed by atoms with van der Waals surface area (Å²) in [5, 5.41) is 8.78. The molecule has 8 aliphatic carbocycles. The highest BCUT2D eigenvalue weighted by molar-refractivity contribution is 5.70. The molecule has 0 atom stereocenters. The minimum atomic E-state index is -5.19. The van der Waals surface area contributed by atoms with Gasteiger partial charge in [-0.3, -0.25) is 0 Å². The van der Waals surface area contributed by atoms with Gasteiger partial charge in [-0.25, -0.2) is 4.39 Å². The number of carbonyl (C=O) groups is 1. The Kier molecular flexibility index (Phi) is 5.74. The number of rotatable bonds is 3. The summed E-state index contributed by atoms with van der Waals surface area (Å²) < 4.78 is 45.7. The van der Waals surface area contributed by atoms with Crippen molar-refractivity contribution in [3.8, 4) is 0 Å². The second-order valence-electron chi connectivity index (χ2n) is 13.5. The van der Waals surface area contributed by atoms with Crippen LogP contribution in [0, 0.1) is 65.0 Å². The molecule has 9 rings (SSSR count). The molecule has 36 heavy (non-hydrogen) atoms. The molecule has 1 aromatic carbocycles. The number of hydrogen-bond donors (Lipinski definition) is 0. The predicted octanol–water partition coefficient (Wildman–Crippen LogP) is 6.79. The Morgan fingerprint density at radius 1 is 0.806 bits per heavy atom. The van der Waals surface area contributed by atoms with Gasteiger partial charge in [0.2, 0.25) is 0 Å². The minimum absolute atomic E-state index is 0.0541. The van der Waals surface area contributed by atoms with Gasteiger partial charge >= 0.3 is 6.18 Å². The first-order valence-corrected chi connectivity index (χ1v) is 13.9. The van der Waals surface area contributed by atoms with Crippen LogP contribution >= 0.6 is 0 Å². The number of hydrogen-bond acceptors (Lipinski definition) is 2. The Hall–Kier alpha value is -1.72. The van der Waals surface area contributed by atoms with E-state index in [0.29, 0.717) is 10.8 Å². The van der Waals surface area contributed by atoms with E-state index in [2.05, 4.69) is 13.0 Å². The zero-order valence-corrected chi connectivity index (χ0v) is 21.0. The van der Waals surface area contributed by atoms with Crippen LogP contribution in [0.25, 0.3) is 0 Å². The molecule has 0 saturated heterocycles. The van der Waals surface area contributed by atoms with Crippen molar-refractivity contribution in [2.24, 2.45) is 46.3 Å². The molecule has 8 aliphatic rings. The van der Waals surface area contributed by atoms with E-state index in [1.807, 2.05) is 12.0 Å². The smallest absolute Gasteiger partial charge is 0.430 e. The first-order chi connectivity index (χ1) is 16.9. The van der Waals surface area contributed by atoms with Gasteiger partial charge in [0.25, 0.3) is 0 Å². The molecule has 0 radical (unpaired) electrons. The molecule has 8 fully saturated rings. The molecule has 0 N–H and O–H groups in total. The van der Waals surface area contributed by atoms with E-state index in [0.717, 1.165) is 35.5 Å². The van der Waals surface area contributed by atoms with Crippen LogP contribution in [0.2, 0.25) is 0 Å². The Morgan fingerprint density at radius 2 is 1.14 bits per heavy atom. The summed E-state index contributed by atoms with van der Waals surface area (Å²) in [4.78, 5) is 8.78. The van der Waals surface area contributed by atoms with Gasteiger partial charge in [-0.15, -0.1) is 0 Å². The normalized spacial score (nSPS) is 41.7. The lowest BCUT2D eigenvalue weighted by Gasteiger charge is -2.64. The molecule has 8 bridgehead atoms. The van der Waals surface area contributed by atoms with Gasteiger partial charge in [-0.05, 0) is 113 Å². The number of halogens is 4. The molecule has 0 unspecified atom stereocenters. The zero-order valence-electron chi connectivity index (χ0n) is 21.0. The number of alkyl halides is 3. The van der Waals surface area contributed by atoms with Crippen molar-refractivity contribution < 1.29 is 27.5 Å². The van der Waals surface area contributed by atoms with Gasteiger partial charge in [0, 0.05) is 41.9 Å². The van der Waals surface area contributed by atoms with Gasteiger partial charge in [-0.1, -0.05) is 0 Å². The lowest BCUT2D eigenvalue weighted by atomic mass is 9.37. The van der Waals surface area contributed by atoms with E-state index in [1.165, 1.54) is 88.2 Å². The first kappa shape index (κ1) is 24.6. The topological polar surface area (TPSA) is 40.1 Å². The summed E-state index contributed by atoms with van der Waals surface area (Å²) in [5.41, 5.74) is 3.59. The number of aliphatic carboxylic acids is 1. The third kappa shape index (κ3) is 4.15. The van der Waals surface area contributed by atoms with Crippen molar-refractivity contribution >= 4 is 5.97 Å². The lowest BCUT2D eigenvalue weighted by molar-refractivity contribution is -0.344. The van der Waals surface area contributed by atoms with E-state index in [4.69, 9.17) is 9.90 Å². The van der Waals surface area contributed by atoms with Crippen LogP contribution in [0.3, 0.4) is 0 Å². The second-order valence-corrected chi connectivity index (χ2v) is 13.5. The molecule has 2 nitrogen and oxygen atoms in total. The average Bonchev–Trinajstić information content (AvgIpc) is 2.73. The highest BCUT2D eigenvalue weighted by atomic mass is 19.4. The summed E-state index contributed by atoms with van der Waals surface area (Å²) in [6.07, 6.45) is 12.6. The van der Waals surface area contributed by atoms with Crippen molar-refractivity contribution in [2.45, 2.75) is 90.1 Å². The Balaban J connectivity index is 0.000000305. The fourth-order valence-corrected chi connectivity index (χ4v) is 10.9. The number of aryl methyl sites for hydroxylation is 1. The van der Waals surface area contributed by atoms with Gasteiger partial charge in [0.15, 0.2) is 0 Å². The lowest BCUT2D eigenvalue weighted by Crippen LogP contribution is -2.57. The van der Waals surface area contributed by atoms with Crippen molar-refractivity contribution in [3.05, 3.63) is 41.1 Å². The summed E-state index contributed by atoms with van der Waals surface area (Å²) in [6.45, 7) is 2.19. The van der Waals surface area contributed by atoms with Crippen molar-refractivity contribution in [1.29, 1.82) is 0 Å². The van der Waals surface area contributed by atoms with Crippen LogP contribution in [-0.4, -0.2) is 12.1 Å². The van der Waals surface area contributed by atoms with Gasteiger partial charge in [0.05, 0.1) is 5.56 Å². The Labute approximate surface area is 211 Å². The molecule has 196 valence electrons. The summed E-state index contributed by atoms with van der Waals surface area (Å²) in [6, 6.07) is 5.80. The van der Waals surface area contributed by atoms with E-state index in [1.54, 1.807) is 6.07 Å². The summed E-state index contributed by atoms with van der Waals surface area (Å²) in [5.74, 6) is 4.68.